The number of rotatable bonds is 60. The molecule has 0 saturated carbocycles. The Kier molecular flexibility index (Phi) is 53.5. The second kappa shape index (κ2) is 58.7. The zero-order valence-electron chi connectivity index (χ0n) is 60.0. The third kappa shape index (κ3) is 39.5. The maximum Gasteiger partial charge on any atom is 0.220 e. The highest BCUT2D eigenvalue weighted by atomic mass is 16.8. The summed E-state index contributed by atoms with van der Waals surface area (Å²) in [7, 11) is 0. The first kappa shape index (κ1) is 88.4. The van der Waals surface area contributed by atoms with Crippen molar-refractivity contribution in [3.8, 4) is 0 Å². The Morgan fingerprint density at radius 3 is 1.11 bits per heavy atom. The third-order valence-electron chi connectivity index (χ3n) is 19.0. The van der Waals surface area contributed by atoms with Gasteiger partial charge in [0, 0.05) is 6.42 Å². The van der Waals surface area contributed by atoms with E-state index >= 15 is 0 Å². The van der Waals surface area contributed by atoms with Crippen molar-refractivity contribution in [2.45, 2.75) is 388 Å². The van der Waals surface area contributed by atoms with Crippen LogP contribution in [0.4, 0.5) is 0 Å². The molecule has 17 atom stereocenters. The maximum absolute atomic E-state index is 13.5. The molecule has 3 aliphatic heterocycles. The van der Waals surface area contributed by atoms with E-state index in [1.165, 1.54) is 173 Å². The summed E-state index contributed by atoms with van der Waals surface area (Å²) >= 11 is 0. The number of amides is 1. The number of aliphatic hydroxyl groups is 11. The lowest BCUT2D eigenvalue weighted by Crippen LogP contribution is -2.66. The maximum atomic E-state index is 13.5. The van der Waals surface area contributed by atoms with Crippen LogP contribution in [-0.2, 0) is 33.2 Å². The average molecular weight is 1380 g/mol. The molecule has 3 rings (SSSR count). The second-order valence-electron chi connectivity index (χ2n) is 27.4. The van der Waals surface area contributed by atoms with E-state index in [2.05, 4.69) is 79.9 Å². The van der Waals surface area contributed by atoms with Crippen LogP contribution in [0.15, 0.2) is 72.9 Å². The van der Waals surface area contributed by atoms with E-state index in [0.29, 0.717) is 6.42 Å². The number of unbranched alkanes of at least 4 members (excludes halogenated alkanes) is 34. The summed E-state index contributed by atoms with van der Waals surface area (Å²) in [5.41, 5.74) is 0. The van der Waals surface area contributed by atoms with Crippen LogP contribution in [0.5, 0.6) is 0 Å². The molecule has 0 radical (unpaired) electrons. The molecule has 19 nitrogen and oxygen atoms in total. The number of nitrogens with one attached hydrogen (secondary N) is 1. The summed E-state index contributed by atoms with van der Waals surface area (Å²) in [6.45, 7) is 1.65. The van der Waals surface area contributed by atoms with Crippen molar-refractivity contribution in [1.29, 1.82) is 0 Å². The van der Waals surface area contributed by atoms with Crippen LogP contribution < -0.4 is 5.32 Å². The topological polar surface area (TPSA) is 307 Å². The number of ether oxygens (including phenoxy) is 6. The van der Waals surface area contributed by atoms with Gasteiger partial charge in [0.15, 0.2) is 18.9 Å². The lowest BCUT2D eigenvalue weighted by atomic mass is 9.96. The van der Waals surface area contributed by atoms with E-state index in [4.69, 9.17) is 28.4 Å². The van der Waals surface area contributed by atoms with E-state index in [9.17, 15) is 61.0 Å². The minimum Gasteiger partial charge on any atom is -0.394 e. The molecular formula is C78H139NO18. The molecule has 3 aliphatic rings. The largest absolute Gasteiger partial charge is 0.394 e. The number of aliphatic hydroxyl groups excluding tert-OH is 11. The minimum absolute atomic E-state index is 0.239. The standard InChI is InChI=1S/C78H139NO18/c1-3-5-7-9-11-13-15-17-19-21-23-25-27-28-29-30-31-32-34-36-38-40-42-44-46-48-50-52-54-56-66(84)79-61(62(83)55-53-51-49-47-45-43-41-39-37-35-33-26-24-22-20-18-16-14-12-10-8-6-4-2)60-92-76-72(90)69(87)74(64(58-81)94-76)97-78-73(91)70(88)75(65(59-82)95-78)96-77-71(89)68(86)67(85)63(57-80)93-77/h5,7,11,13,17,19,23,25,28-29,53,55,61-65,67-78,80-83,85-91H,3-4,6,8-10,12,14-16,18,20-22,24,26-27,30-52,54,56-60H2,1-2H3,(H,79,84)/b7-5-,13-11-,19-17-,25-23-,29-28-,55-53+. The van der Waals surface area contributed by atoms with Gasteiger partial charge in [-0.05, 0) is 64.2 Å². The molecule has 3 saturated heterocycles. The molecule has 0 aromatic rings. The van der Waals surface area contributed by atoms with Gasteiger partial charge in [0.25, 0.3) is 0 Å². The van der Waals surface area contributed by atoms with Crippen molar-refractivity contribution in [3.05, 3.63) is 72.9 Å². The highest BCUT2D eigenvalue weighted by molar-refractivity contribution is 5.76. The van der Waals surface area contributed by atoms with Crippen LogP contribution in [0.3, 0.4) is 0 Å². The van der Waals surface area contributed by atoms with Crippen molar-refractivity contribution in [2.24, 2.45) is 0 Å². The fourth-order valence-electron chi connectivity index (χ4n) is 12.8. The van der Waals surface area contributed by atoms with Crippen molar-refractivity contribution in [2.75, 3.05) is 26.4 Å². The summed E-state index contributed by atoms with van der Waals surface area (Å²) < 4.78 is 34.4. The number of hydrogen-bond donors (Lipinski definition) is 12. The molecule has 12 N–H and O–H groups in total. The predicted octanol–water partition coefficient (Wildman–Crippen LogP) is 12.1. The SMILES string of the molecule is CC/C=C\C/C=C\C/C=C\C/C=C\C/C=C\CCCCCCCCCCCCCCCC(=O)NC(COC1OC(CO)C(OC2OC(CO)C(OC3OC(CO)C(O)C(O)C3O)C(O)C2O)C(O)C1O)C(O)/C=C/CCCCCCCCCCCCCCCCCCCCCCC. The van der Waals surface area contributed by atoms with Crippen molar-refractivity contribution < 1.29 is 89.4 Å². The smallest absolute Gasteiger partial charge is 0.220 e. The van der Waals surface area contributed by atoms with Crippen LogP contribution in [0, 0.1) is 0 Å². The van der Waals surface area contributed by atoms with Crippen LogP contribution in [0.2, 0.25) is 0 Å². The van der Waals surface area contributed by atoms with Gasteiger partial charge in [0.05, 0.1) is 38.6 Å². The van der Waals surface area contributed by atoms with Gasteiger partial charge in [-0.3, -0.25) is 4.79 Å². The minimum atomic E-state index is -1.98. The first-order valence-corrected chi connectivity index (χ1v) is 38.7. The Balaban J connectivity index is 1.40. The second-order valence-corrected chi connectivity index (χ2v) is 27.4. The highest BCUT2D eigenvalue weighted by Gasteiger charge is 2.53. The first-order chi connectivity index (χ1) is 47.3. The number of allylic oxidation sites excluding steroid dienone is 11. The summed E-state index contributed by atoms with van der Waals surface area (Å²) in [5.74, 6) is -0.276. The number of carbonyl (C=O) groups is 1. The van der Waals surface area contributed by atoms with E-state index < -0.39 is 124 Å². The van der Waals surface area contributed by atoms with Gasteiger partial charge in [0.1, 0.15) is 73.2 Å². The highest BCUT2D eigenvalue weighted by Crippen LogP contribution is 2.33. The molecule has 3 heterocycles. The van der Waals surface area contributed by atoms with Gasteiger partial charge < -0.3 is 89.9 Å². The molecule has 17 unspecified atom stereocenters. The molecule has 19 heteroatoms. The van der Waals surface area contributed by atoms with Crippen molar-refractivity contribution in [3.63, 3.8) is 0 Å². The molecular weight excluding hydrogens is 1240 g/mol. The third-order valence-corrected chi connectivity index (χ3v) is 19.0. The summed E-state index contributed by atoms with van der Waals surface area (Å²) in [4.78, 5) is 13.5. The van der Waals surface area contributed by atoms with Crippen molar-refractivity contribution in [1.82, 2.24) is 5.32 Å². The molecule has 0 bridgehead atoms. The Bertz CT molecular complexity index is 2040. The summed E-state index contributed by atoms with van der Waals surface area (Å²) in [5, 5.41) is 121. The Labute approximate surface area is 585 Å². The van der Waals surface area contributed by atoms with Gasteiger partial charge in [-0.2, -0.15) is 0 Å². The average Bonchev–Trinajstić information content (AvgIpc) is 0.789. The lowest BCUT2D eigenvalue weighted by Gasteiger charge is -2.48. The van der Waals surface area contributed by atoms with Gasteiger partial charge >= 0.3 is 0 Å². The van der Waals surface area contributed by atoms with E-state index in [-0.39, 0.29) is 18.9 Å². The van der Waals surface area contributed by atoms with Gasteiger partial charge in [-0.25, -0.2) is 0 Å². The summed E-state index contributed by atoms with van der Waals surface area (Å²) in [6.07, 6.45) is 48.7. The molecule has 564 valence electrons. The fourth-order valence-corrected chi connectivity index (χ4v) is 12.8. The molecule has 0 aliphatic carbocycles. The Morgan fingerprint density at radius 1 is 0.381 bits per heavy atom. The quantitative estimate of drug-likeness (QED) is 0.0199. The fraction of sp³-hybridized carbons (Fsp3) is 0.833. The zero-order valence-corrected chi connectivity index (χ0v) is 60.0. The molecule has 97 heavy (non-hydrogen) atoms. The van der Waals surface area contributed by atoms with E-state index in [1.54, 1.807) is 6.08 Å². The van der Waals surface area contributed by atoms with Gasteiger partial charge in [-0.15, -0.1) is 0 Å². The number of hydrogen-bond acceptors (Lipinski definition) is 18. The van der Waals surface area contributed by atoms with Crippen LogP contribution in [0.25, 0.3) is 0 Å². The molecule has 0 aromatic carbocycles. The predicted molar refractivity (Wildman–Crippen MR) is 383 cm³/mol. The van der Waals surface area contributed by atoms with Crippen LogP contribution in [-0.4, -0.2) is 193 Å². The summed E-state index contributed by atoms with van der Waals surface area (Å²) in [6, 6.07) is -0.978. The lowest BCUT2D eigenvalue weighted by molar-refractivity contribution is -0.379. The van der Waals surface area contributed by atoms with Gasteiger partial charge in [-0.1, -0.05) is 286 Å². The first-order valence-electron chi connectivity index (χ1n) is 38.7. The van der Waals surface area contributed by atoms with Crippen molar-refractivity contribution >= 4 is 5.91 Å². The zero-order chi connectivity index (χ0) is 70.4. The molecule has 0 spiro atoms. The van der Waals surface area contributed by atoms with Crippen LogP contribution >= 0.6 is 0 Å². The van der Waals surface area contributed by atoms with E-state index in [1.807, 2.05) is 6.08 Å². The molecule has 1 amide bonds. The number of carbonyl (C=O) groups excluding carboxylic acids is 1. The Morgan fingerprint density at radius 2 is 0.711 bits per heavy atom. The Hall–Kier alpha value is -2.77. The van der Waals surface area contributed by atoms with Crippen LogP contribution in [0.1, 0.15) is 284 Å². The molecule has 0 aromatic heterocycles. The molecule has 3 fully saturated rings. The normalized spacial score (nSPS) is 27.3. The monoisotopic (exact) mass is 1380 g/mol. The van der Waals surface area contributed by atoms with E-state index in [0.717, 1.165) is 83.5 Å². The van der Waals surface area contributed by atoms with Gasteiger partial charge in [0.2, 0.25) is 5.91 Å².